The summed E-state index contributed by atoms with van der Waals surface area (Å²) in [5.74, 6) is 0. The van der Waals surface area contributed by atoms with E-state index in [-0.39, 0.29) is 10.8 Å². The van der Waals surface area contributed by atoms with E-state index in [1.807, 2.05) is 6.26 Å². The van der Waals surface area contributed by atoms with Gasteiger partial charge in [-0.2, -0.15) is 0 Å². The number of hydrogen-bond acceptors (Lipinski definition) is 3. The van der Waals surface area contributed by atoms with Crippen LogP contribution in [0.1, 0.15) is 47.0 Å². The number of piperazine rings is 1. The van der Waals surface area contributed by atoms with Gasteiger partial charge in [0.05, 0.1) is 0 Å². The molecule has 3 atom stereocenters. The molecule has 1 aliphatic rings. The van der Waals surface area contributed by atoms with Crippen molar-refractivity contribution in [3.8, 4) is 0 Å². The molecule has 18 heavy (non-hydrogen) atoms. The molecule has 0 saturated carbocycles. The zero-order chi connectivity index (χ0) is 13.8. The van der Waals surface area contributed by atoms with Gasteiger partial charge in [-0.1, -0.05) is 20.8 Å². The van der Waals surface area contributed by atoms with Crippen molar-refractivity contribution in [2.24, 2.45) is 0 Å². The van der Waals surface area contributed by atoms with Crippen LogP contribution in [0.4, 0.5) is 0 Å². The van der Waals surface area contributed by atoms with Crippen LogP contribution in [0.15, 0.2) is 0 Å². The molecule has 3 nitrogen and oxygen atoms in total. The molecule has 1 saturated heterocycles. The molecule has 0 aromatic heterocycles. The van der Waals surface area contributed by atoms with E-state index in [2.05, 4.69) is 37.9 Å². The molecular weight excluding hydrogens is 244 g/mol. The maximum atomic E-state index is 11.6. The molecule has 1 aliphatic heterocycles. The molecule has 0 bridgehead atoms. The second-order valence-corrected chi connectivity index (χ2v) is 7.47. The van der Waals surface area contributed by atoms with E-state index in [0.29, 0.717) is 6.04 Å². The van der Waals surface area contributed by atoms with Crippen molar-refractivity contribution in [1.29, 1.82) is 0 Å². The Bertz CT molecular complexity index is 279. The Kier molecular flexibility index (Phi) is 6.28. The van der Waals surface area contributed by atoms with Gasteiger partial charge in [-0.3, -0.25) is 9.11 Å². The van der Waals surface area contributed by atoms with Gasteiger partial charge in [-0.15, -0.1) is 0 Å². The van der Waals surface area contributed by atoms with E-state index >= 15 is 0 Å². The smallest absolute Gasteiger partial charge is 0.0444 e. The van der Waals surface area contributed by atoms with Crippen molar-refractivity contribution in [2.75, 3.05) is 25.9 Å². The van der Waals surface area contributed by atoms with Crippen molar-refractivity contribution in [3.05, 3.63) is 0 Å². The summed E-state index contributed by atoms with van der Waals surface area (Å²) in [7, 11) is -0.720. The van der Waals surface area contributed by atoms with Crippen LogP contribution in [0.25, 0.3) is 0 Å². The highest BCUT2D eigenvalue weighted by atomic mass is 32.2. The Morgan fingerprint density at radius 2 is 2.00 bits per heavy atom. The molecule has 3 unspecified atom stereocenters. The molecule has 0 radical (unpaired) electrons. The summed E-state index contributed by atoms with van der Waals surface area (Å²) >= 11 is 0. The Morgan fingerprint density at radius 1 is 1.39 bits per heavy atom. The van der Waals surface area contributed by atoms with Crippen LogP contribution < -0.4 is 5.32 Å². The molecule has 0 aromatic carbocycles. The van der Waals surface area contributed by atoms with Crippen LogP contribution in [0.2, 0.25) is 0 Å². The number of nitrogens with one attached hydrogen (secondary N) is 1. The zero-order valence-electron chi connectivity index (χ0n) is 12.7. The van der Waals surface area contributed by atoms with Gasteiger partial charge in [0, 0.05) is 53.5 Å². The molecule has 0 aromatic rings. The summed E-state index contributed by atoms with van der Waals surface area (Å²) in [5.41, 5.74) is 0.265. The quantitative estimate of drug-likeness (QED) is 0.804. The second kappa shape index (κ2) is 7.01. The minimum Gasteiger partial charge on any atom is -0.308 e. The fourth-order valence-corrected chi connectivity index (χ4v) is 3.21. The highest BCUT2D eigenvalue weighted by Gasteiger charge is 2.36. The molecule has 1 fully saturated rings. The summed E-state index contributed by atoms with van der Waals surface area (Å²) in [6.07, 6.45) is 5.32. The van der Waals surface area contributed by atoms with E-state index in [1.54, 1.807) is 0 Å². The lowest BCUT2D eigenvalue weighted by atomic mass is 9.88. The minimum atomic E-state index is -0.720. The first-order valence-corrected chi connectivity index (χ1v) is 8.91. The molecule has 1 rings (SSSR count). The van der Waals surface area contributed by atoms with E-state index < -0.39 is 10.8 Å². The summed E-state index contributed by atoms with van der Waals surface area (Å²) in [4.78, 5) is 2.57. The normalized spacial score (nSPS) is 27.9. The Hall–Kier alpha value is 0.0700. The average Bonchev–Trinajstić information content (AvgIpc) is 2.38. The standard InChI is InChI=1S/C14H30N2OS/c1-6-13-9-15-14(7-2,8-3)11-16(13)10-12(4)18(5)17/h12-13,15H,6-11H2,1-5H3. The van der Waals surface area contributed by atoms with Crippen LogP contribution in [0.5, 0.6) is 0 Å². The monoisotopic (exact) mass is 274 g/mol. The predicted octanol–water partition coefficient (Wildman–Crippen LogP) is 2.00. The fourth-order valence-electron chi connectivity index (χ4n) is 2.81. The minimum absolute atomic E-state index is 0.265. The van der Waals surface area contributed by atoms with Gasteiger partial charge in [0.15, 0.2) is 0 Å². The highest BCUT2D eigenvalue weighted by Crippen LogP contribution is 2.24. The first-order valence-electron chi connectivity index (χ1n) is 7.29. The third kappa shape index (κ3) is 3.78. The van der Waals surface area contributed by atoms with Gasteiger partial charge >= 0.3 is 0 Å². The lowest BCUT2D eigenvalue weighted by molar-refractivity contribution is 0.0717. The zero-order valence-corrected chi connectivity index (χ0v) is 13.5. The van der Waals surface area contributed by atoms with Crippen molar-refractivity contribution >= 4 is 10.8 Å². The maximum absolute atomic E-state index is 11.6. The Labute approximate surface area is 115 Å². The van der Waals surface area contributed by atoms with Crippen molar-refractivity contribution < 1.29 is 4.21 Å². The number of rotatable bonds is 6. The van der Waals surface area contributed by atoms with Crippen LogP contribution in [0, 0.1) is 0 Å². The van der Waals surface area contributed by atoms with E-state index in [4.69, 9.17) is 0 Å². The summed E-state index contributed by atoms with van der Waals surface area (Å²) < 4.78 is 11.6. The van der Waals surface area contributed by atoms with Gasteiger partial charge in [-0.05, 0) is 26.2 Å². The second-order valence-electron chi connectivity index (χ2n) is 5.67. The first kappa shape index (κ1) is 16.1. The average molecular weight is 274 g/mol. The predicted molar refractivity (Wildman–Crippen MR) is 80.5 cm³/mol. The third-order valence-corrected chi connectivity index (χ3v) is 5.90. The SMILES string of the molecule is CCC1CNC(CC)(CC)CN1CC(C)S(C)=O. The van der Waals surface area contributed by atoms with Gasteiger partial charge < -0.3 is 5.32 Å². The molecule has 4 heteroatoms. The van der Waals surface area contributed by atoms with E-state index in [0.717, 1.165) is 19.6 Å². The number of hydrogen-bond donors (Lipinski definition) is 1. The fraction of sp³-hybridized carbons (Fsp3) is 1.00. The molecule has 0 amide bonds. The Balaban J connectivity index is 2.73. The third-order valence-electron chi connectivity index (χ3n) is 4.62. The van der Waals surface area contributed by atoms with Gasteiger partial charge in [-0.25, -0.2) is 0 Å². The lowest BCUT2D eigenvalue weighted by Gasteiger charge is -2.48. The molecule has 1 heterocycles. The van der Waals surface area contributed by atoms with Gasteiger partial charge in [0.25, 0.3) is 0 Å². The van der Waals surface area contributed by atoms with E-state index in [9.17, 15) is 4.21 Å². The van der Waals surface area contributed by atoms with Crippen molar-refractivity contribution in [1.82, 2.24) is 10.2 Å². The Morgan fingerprint density at radius 3 is 2.44 bits per heavy atom. The summed E-state index contributed by atoms with van der Waals surface area (Å²) in [5, 5.41) is 4.02. The summed E-state index contributed by atoms with van der Waals surface area (Å²) in [6.45, 7) is 12.0. The van der Waals surface area contributed by atoms with Gasteiger partial charge in [0.2, 0.25) is 0 Å². The van der Waals surface area contributed by atoms with Crippen LogP contribution in [-0.4, -0.2) is 51.8 Å². The van der Waals surface area contributed by atoms with Crippen LogP contribution >= 0.6 is 0 Å². The molecule has 0 aliphatic carbocycles. The van der Waals surface area contributed by atoms with Crippen molar-refractivity contribution in [3.63, 3.8) is 0 Å². The topological polar surface area (TPSA) is 32.3 Å². The first-order chi connectivity index (χ1) is 8.48. The maximum Gasteiger partial charge on any atom is 0.0444 e. The molecule has 108 valence electrons. The highest BCUT2D eigenvalue weighted by molar-refractivity contribution is 7.84. The molecule has 0 spiro atoms. The van der Waals surface area contributed by atoms with E-state index in [1.165, 1.54) is 19.3 Å². The van der Waals surface area contributed by atoms with Crippen LogP contribution in [-0.2, 0) is 10.8 Å². The van der Waals surface area contributed by atoms with Gasteiger partial charge in [0.1, 0.15) is 0 Å². The number of nitrogens with zero attached hydrogens (tertiary/aromatic N) is 1. The molecular formula is C14H30N2OS. The molecule has 1 N–H and O–H groups in total. The largest absolute Gasteiger partial charge is 0.308 e. The lowest BCUT2D eigenvalue weighted by Crippen LogP contribution is -2.64. The summed E-state index contributed by atoms with van der Waals surface area (Å²) in [6, 6.07) is 0.599. The van der Waals surface area contributed by atoms with Crippen LogP contribution in [0.3, 0.4) is 0 Å². The van der Waals surface area contributed by atoms with Crippen molar-refractivity contribution in [2.45, 2.75) is 63.8 Å².